The summed E-state index contributed by atoms with van der Waals surface area (Å²) in [6.45, 7) is 0.697. The van der Waals surface area contributed by atoms with Crippen LogP contribution in [-0.4, -0.2) is 49.8 Å². The molecule has 6 rings (SSSR count). The molecular weight excluding hydrogens is 608 g/mol. The van der Waals surface area contributed by atoms with E-state index in [2.05, 4.69) is 34.9 Å². The molecule has 2 saturated heterocycles. The zero-order chi connectivity index (χ0) is 30.1. The van der Waals surface area contributed by atoms with Crippen LogP contribution in [0.5, 0.6) is 0 Å². The number of nitrogens with zero attached hydrogens (tertiary/aromatic N) is 1. The summed E-state index contributed by atoms with van der Waals surface area (Å²) >= 11 is 12.5. The van der Waals surface area contributed by atoms with Crippen LogP contribution in [0.15, 0.2) is 77.7 Å². The average molecular weight is 645 g/mol. The lowest BCUT2D eigenvalue weighted by molar-refractivity contribution is -0.126. The maximum Gasteiger partial charge on any atom is 0.243 e. The summed E-state index contributed by atoms with van der Waals surface area (Å²) in [5.41, 5.74) is 2.43. The van der Waals surface area contributed by atoms with E-state index in [1.54, 1.807) is 0 Å². The number of amides is 1. The maximum absolute atomic E-state index is 13.7. The van der Waals surface area contributed by atoms with Gasteiger partial charge in [0.1, 0.15) is 5.82 Å². The predicted molar refractivity (Wildman–Crippen MR) is 167 cm³/mol. The maximum atomic E-state index is 13.7. The number of carbonyl (C=O) groups excluding carboxylic acids is 1. The molecule has 2 N–H and O–H groups in total. The van der Waals surface area contributed by atoms with Crippen LogP contribution in [0.2, 0.25) is 10.0 Å². The molecule has 3 aliphatic rings. The normalized spacial score (nSPS) is 25.3. The van der Waals surface area contributed by atoms with Crippen LogP contribution in [0.3, 0.4) is 0 Å². The Kier molecular flexibility index (Phi) is 9.13. The van der Waals surface area contributed by atoms with Crippen LogP contribution in [0.1, 0.15) is 55.6 Å². The van der Waals surface area contributed by atoms with E-state index in [0.29, 0.717) is 48.3 Å². The Labute approximate surface area is 263 Å². The molecule has 1 saturated carbocycles. The Hall–Kier alpha value is -2.49. The number of hydrogen-bond acceptors (Lipinski definition) is 4. The summed E-state index contributed by atoms with van der Waals surface area (Å²) in [7, 11) is -3.76. The fourth-order valence-corrected chi connectivity index (χ4v) is 9.14. The number of nitrogens with one attached hydrogen (secondary N) is 2. The molecule has 2 aliphatic heterocycles. The Morgan fingerprint density at radius 3 is 2.12 bits per heavy atom. The number of benzene rings is 3. The van der Waals surface area contributed by atoms with Gasteiger partial charge in [0.05, 0.1) is 4.90 Å². The van der Waals surface area contributed by atoms with Gasteiger partial charge in [-0.25, -0.2) is 12.8 Å². The molecule has 228 valence electrons. The number of carbonyl (C=O) groups is 1. The number of hydrogen-bond donors (Lipinski definition) is 2. The summed E-state index contributed by atoms with van der Waals surface area (Å²) in [4.78, 5) is 12.7. The van der Waals surface area contributed by atoms with Crippen molar-refractivity contribution in [2.24, 2.45) is 11.8 Å². The fourth-order valence-electron chi connectivity index (χ4n) is 7.38. The molecule has 2 heterocycles. The number of sulfonamides is 1. The molecule has 0 bridgehead atoms. The fraction of sp³-hybridized carbons (Fsp3) is 0.424. The second kappa shape index (κ2) is 12.9. The van der Waals surface area contributed by atoms with Crippen molar-refractivity contribution in [1.29, 1.82) is 0 Å². The van der Waals surface area contributed by atoms with E-state index in [0.717, 1.165) is 25.3 Å². The minimum atomic E-state index is -3.76. The van der Waals surface area contributed by atoms with Crippen molar-refractivity contribution < 1.29 is 17.6 Å². The molecule has 3 aromatic rings. The zero-order valence-electron chi connectivity index (χ0n) is 23.8. The van der Waals surface area contributed by atoms with Crippen molar-refractivity contribution in [3.63, 3.8) is 0 Å². The molecule has 6 nitrogen and oxygen atoms in total. The Morgan fingerprint density at radius 1 is 0.884 bits per heavy atom. The summed E-state index contributed by atoms with van der Waals surface area (Å²) in [6, 6.07) is 21.6. The largest absolute Gasteiger partial charge is 0.353 e. The first-order chi connectivity index (χ1) is 20.7. The van der Waals surface area contributed by atoms with E-state index < -0.39 is 15.8 Å². The summed E-state index contributed by atoms with van der Waals surface area (Å²) in [6.07, 6.45) is 4.51. The van der Waals surface area contributed by atoms with Gasteiger partial charge in [-0.3, -0.25) is 4.79 Å². The first-order valence-electron chi connectivity index (χ1n) is 15.0. The van der Waals surface area contributed by atoms with E-state index in [9.17, 15) is 17.6 Å². The molecule has 10 heteroatoms. The van der Waals surface area contributed by atoms with Crippen molar-refractivity contribution in [1.82, 2.24) is 14.9 Å². The third-order valence-corrected chi connectivity index (χ3v) is 11.9. The monoisotopic (exact) mass is 643 g/mol. The van der Waals surface area contributed by atoms with Crippen LogP contribution < -0.4 is 10.6 Å². The summed E-state index contributed by atoms with van der Waals surface area (Å²) in [5.74, 6) is 0.289. The van der Waals surface area contributed by atoms with Gasteiger partial charge in [-0.15, -0.1) is 0 Å². The molecule has 3 fully saturated rings. The van der Waals surface area contributed by atoms with Crippen LogP contribution in [0.25, 0.3) is 0 Å². The lowest BCUT2D eigenvalue weighted by Gasteiger charge is -2.47. The van der Waals surface area contributed by atoms with Crippen LogP contribution in [0.4, 0.5) is 4.39 Å². The van der Waals surface area contributed by atoms with E-state index in [-0.39, 0.29) is 40.8 Å². The molecule has 1 amide bonds. The van der Waals surface area contributed by atoms with Crippen LogP contribution >= 0.6 is 23.2 Å². The molecule has 3 aromatic carbocycles. The van der Waals surface area contributed by atoms with Crippen molar-refractivity contribution in [3.8, 4) is 0 Å². The second-order valence-corrected chi connectivity index (χ2v) is 14.9. The first-order valence-corrected chi connectivity index (χ1v) is 17.2. The number of rotatable bonds is 7. The highest BCUT2D eigenvalue weighted by atomic mass is 35.5. The minimum absolute atomic E-state index is 0.00834. The van der Waals surface area contributed by atoms with Gasteiger partial charge in [-0.05, 0) is 97.5 Å². The van der Waals surface area contributed by atoms with Crippen molar-refractivity contribution in [3.05, 3.63) is 99.8 Å². The van der Waals surface area contributed by atoms with Crippen molar-refractivity contribution >= 4 is 39.1 Å². The first kappa shape index (κ1) is 30.5. The molecule has 43 heavy (non-hydrogen) atoms. The Bertz CT molecular complexity index is 1500. The van der Waals surface area contributed by atoms with E-state index in [1.807, 2.05) is 24.3 Å². The molecule has 1 aliphatic carbocycles. The van der Waals surface area contributed by atoms with Crippen molar-refractivity contribution in [2.45, 2.75) is 67.5 Å². The van der Waals surface area contributed by atoms with Gasteiger partial charge < -0.3 is 10.6 Å². The van der Waals surface area contributed by atoms with Gasteiger partial charge in [0, 0.05) is 53.6 Å². The van der Waals surface area contributed by atoms with E-state index in [4.69, 9.17) is 23.2 Å². The van der Waals surface area contributed by atoms with Crippen LogP contribution in [0, 0.1) is 17.7 Å². The highest BCUT2D eigenvalue weighted by Crippen LogP contribution is 2.45. The summed E-state index contributed by atoms with van der Waals surface area (Å²) < 4.78 is 41.4. The molecular formula is C33H36Cl2FN3O3S. The lowest BCUT2D eigenvalue weighted by Crippen LogP contribution is -2.60. The molecule has 4 unspecified atom stereocenters. The third-order valence-electron chi connectivity index (χ3n) is 9.48. The second-order valence-electron chi connectivity index (χ2n) is 12.1. The summed E-state index contributed by atoms with van der Waals surface area (Å²) in [5, 5.41) is 8.45. The SMILES string of the molecule is O=C1CC(NC2CCN(S(=O)(=O)c3cccc(F)c3)CC2)C2CC(C(c3ccc(Cl)cc3)c3ccc(Cl)cc3)CCC2N1. The van der Waals surface area contributed by atoms with Gasteiger partial charge in [0.15, 0.2) is 0 Å². The molecule has 0 aromatic heterocycles. The zero-order valence-corrected chi connectivity index (χ0v) is 26.1. The standard InChI is InChI=1S/C33H36Cl2FN3O3S/c34-24-9-4-21(5-10-24)33(22-6-11-25(35)12-7-22)23-8-13-30-29(18-23)31(20-32(40)38-30)37-27-14-16-39(17-15-27)43(41,42)28-3-1-2-26(36)19-28/h1-7,9-12,19,23,27,29-31,33,37H,8,13-18,20H2,(H,38,40). The van der Waals surface area contributed by atoms with Gasteiger partial charge >= 0.3 is 0 Å². The quantitative estimate of drug-likeness (QED) is 0.313. The highest BCUT2D eigenvalue weighted by Gasteiger charge is 2.44. The Morgan fingerprint density at radius 2 is 1.51 bits per heavy atom. The number of fused-ring (bicyclic) bond motifs is 1. The highest BCUT2D eigenvalue weighted by molar-refractivity contribution is 7.89. The van der Waals surface area contributed by atoms with Gasteiger partial charge in [0.2, 0.25) is 15.9 Å². The Balaban J connectivity index is 1.17. The van der Waals surface area contributed by atoms with Gasteiger partial charge in [-0.1, -0.05) is 53.5 Å². The van der Waals surface area contributed by atoms with E-state index >= 15 is 0 Å². The number of piperidine rings is 2. The lowest BCUT2D eigenvalue weighted by atomic mass is 9.65. The number of halogens is 3. The molecule has 0 radical (unpaired) electrons. The van der Waals surface area contributed by atoms with Gasteiger partial charge in [0.25, 0.3) is 0 Å². The molecule has 4 atom stereocenters. The molecule has 0 spiro atoms. The van der Waals surface area contributed by atoms with Crippen LogP contribution in [-0.2, 0) is 14.8 Å². The smallest absolute Gasteiger partial charge is 0.243 e. The van der Waals surface area contributed by atoms with Crippen molar-refractivity contribution in [2.75, 3.05) is 13.1 Å². The van der Waals surface area contributed by atoms with E-state index in [1.165, 1.54) is 33.6 Å². The minimum Gasteiger partial charge on any atom is -0.353 e. The predicted octanol–water partition coefficient (Wildman–Crippen LogP) is 6.38. The topological polar surface area (TPSA) is 78.5 Å². The van der Waals surface area contributed by atoms with Gasteiger partial charge in [-0.2, -0.15) is 4.31 Å². The third kappa shape index (κ3) is 6.79. The average Bonchev–Trinajstić information content (AvgIpc) is 2.99.